The molecule has 6 heteroatoms. The van der Waals surface area contributed by atoms with Gasteiger partial charge in [0.15, 0.2) is 0 Å². The summed E-state index contributed by atoms with van der Waals surface area (Å²) in [5.74, 6) is -0.789. The van der Waals surface area contributed by atoms with Crippen molar-refractivity contribution in [3.05, 3.63) is 34.6 Å². The molecule has 110 valence electrons. The number of likely N-dealkylation sites (tertiary alicyclic amines) is 1. The molecule has 1 fully saturated rings. The van der Waals surface area contributed by atoms with Crippen molar-refractivity contribution < 1.29 is 13.9 Å². The minimum atomic E-state index is -0.812. The Morgan fingerprint density at radius 1 is 1.55 bits per heavy atom. The lowest BCUT2D eigenvalue weighted by molar-refractivity contribution is -0.132. The summed E-state index contributed by atoms with van der Waals surface area (Å²) in [6.07, 6.45) is 1.51. The SMILES string of the molecule is COCC1(C(N)=O)CCCN1Cc1cc(F)cc(Cl)c1. The van der Waals surface area contributed by atoms with Crippen molar-refractivity contribution in [3.8, 4) is 0 Å². The van der Waals surface area contributed by atoms with Crippen LogP contribution in [0.15, 0.2) is 18.2 Å². The molecule has 0 aliphatic carbocycles. The first-order chi connectivity index (χ1) is 9.48. The molecule has 1 amide bonds. The second kappa shape index (κ2) is 6.08. The highest BCUT2D eigenvalue weighted by Crippen LogP contribution is 2.31. The molecular formula is C14H18ClFN2O2. The largest absolute Gasteiger partial charge is 0.382 e. The maximum absolute atomic E-state index is 13.4. The molecule has 1 heterocycles. The summed E-state index contributed by atoms with van der Waals surface area (Å²) < 4.78 is 18.5. The fourth-order valence-corrected chi connectivity index (χ4v) is 3.08. The molecule has 0 spiro atoms. The molecule has 1 aromatic rings. The van der Waals surface area contributed by atoms with Crippen LogP contribution in [0.3, 0.4) is 0 Å². The van der Waals surface area contributed by atoms with Gasteiger partial charge in [0, 0.05) is 18.7 Å². The van der Waals surface area contributed by atoms with E-state index in [-0.39, 0.29) is 12.4 Å². The molecule has 0 saturated carbocycles. The standard InChI is InChI=1S/C14H18ClFN2O2/c1-20-9-14(13(17)19)3-2-4-18(14)8-10-5-11(15)7-12(16)6-10/h5-7H,2-4,8-9H2,1H3,(H2,17,19). The van der Waals surface area contributed by atoms with Gasteiger partial charge in [0.2, 0.25) is 5.91 Å². The summed E-state index contributed by atoms with van der Waals surface area (Å²) in [4.78, 5) is 13.8. The van der Waals surface area contributed by atoms with Gasteiger partial charge in [0.25, 0.3) is 0 Å². The van der Waals surface area contributed by atoms with Crippen LogP contribution in [0.5, 0.6) is 0 Å². The number of methoxy groups -OCH3 is 1. The zero-order valence-corrected chi connectivity index (χ0v) is 12.1. The summed E-state index contributed by atoms with van der Waals surface area (Å²) in [7, 11) is 1.54. The summed E-state index contributed by atoms with van der Waals surface area (Å²) in [5.41, 5.74) is 5.47. The Kier molecular flexibility index (Phi) is 4.62. The number of hydrogen-bond acceptors (Lipinski definition) is 3. The lowest BCUT2D eigenvalue weighted by atomic mass is 9.96. The molecule has 1 aliphatic rings. The number of carbonyl (C=O) groups excluding carboxylic acids is 1. The van der Waals surface area contributed by atoms with E-state index < -0.39 is 11.4 Å². The molecule has 1 atom stereocenters. The lowest BCUT2D eigenvalue weighted by Crippen LogP contribution is -2.56. The van der Waals surface area contributed by atoms with Crippen LogP contribution in [0, 0.1) is 5.82 Å². The van der Waals surface area contributed by atoms with Crippen LogP contribution in [0.2, 0.25) is 5.02 Å². The van der Waals surface area contributed by atoms with E-state index in [0.717, 1.165) is 18.5 Å². The van der Waals surface area contributed by atoms with Crippen molar-refractivity contribution in [2.75, 3.05) is 20.3 Å². The zero-order chi connectivity index (χ0) is 14.8. The molecule has 1 aliphatic heterocycles. The van der Waals surface area contributed by atoms with Gasteiger partial charge in [-0.05, 0) is 43.1 Å². The molecule has 4 nitrogen and oxygen atoms in total. The van der Waals surface area contributed by atoms with Crippen LogP contribution in [-0.2, 0) is 16.1 Å². The van der Waals surface area contributed by atoms with Gasteiger partial charge in [-0.2, -0.15) is 0 Å². The van der Waals surface area contributed by atoms with Crippen molar-refractivity contribution in [1.29, 1.82) is 0 Å². The third kappa shape index (κ3) is 2.95. The fourth-order valence-electron chi connectivity index (χ4n) is 2.84. The van der Waals surface area contributed by atoms with Crippen LogP contribution in [0.4, 0.5) is 4.39 Å². The maximum Gasteiger partial charge on any atom is 0.240 e. The monoisotopic (exact) mass is 300 g/mol. The van der Waals surface area contributed by atoms with Crippen molar-refractivity contribution in [1.82, 2.24) is 4.90 Å². The summed E-state index contributed by atoms with van der Waals surface area (Å²) in [6, 6.07) is 4.37. The summed E-state index contributed by atoms with van der Waals surface area (Å²) in [6.45, 7) is 1.38. The van der Waals surface area contributed by atoms with E-state index in [2.05, 4.69) is 0 Å². The average molecular weight is 301 g/mol. The first-order valence-electron chi connectivity index (χ1n) is 6.47. The second-order valence-electron chi connectivity index (χ2n) is 5.13. The fraction of sp³-hybridized carbons (Fsp3) is 0.500. The number of nitrogens with two attached hydrogens (primary N) is 1. The van der Waals surface area contributed by atoms with E-state index in [4.69, 9.17) is 22.1 Å². The van der Waals surface area contributed by atoms with E-state index in [0.29, 0.717) is 18.0 Å². The van der Waals surface area contributed by atoms with Gasteiger partial charge in [-0.15, -0.1) is 0 Å². The van der Waals surface area contributed by atoms with Crippen LogP contribution < -0.4 is 5.73 Å². The first-order valence-corrected chi connectivity index (χ1v) is 6.84. The van der Waals surface area contributed by atoms with Gasteiger partial charge in [0.05, 0.1) is 6.61 Å². The van der Waals surface area contributed by atoms with Gasteiger partial charge in [-0.25, -0.2) is 4.39 Å². The lowest BCUT2D eigenvalue weighted by Gasteiger charge is -2.35. The molecular weight excluding hydrogens is 283 g/mol. The Morgan fingerprint density at radius 3 is 2.90 bits per heavy atom. The number of carbonyl (C=O) groups is 1. The molecule has 1 unspecified atom stereocenters. The highest BCUT2D eigenvalue weighted by atomic mass is 35.5. The number of halogens is 2. The first kappa shape index (κ1) is 15.2. The topological polar surface area (TPSA) is 55.6 Å². The van der Waals surface area contributed by atoms with E-state index in [1.54, 1.807) is 13.2 Å². The Morgan fingerprint density at radius 2 is 2.30 bits per heavy atom. The van der Waals surface area contributed by atoms with Crippen LogP contribution >= 0.6 is 11.6 Å². The Hall–Kier alpha value is -1.17. The molecule has 0 bridgehead atoms. The van der Waals surface area contributed by atoms with Gasteiger partial charge < -0.3 is 10.5 Å². The molecule has 2 rings (SSSR count). The Balaban J connectivity index is 2.24. The van der Waals surface area contributed by atoms with Gasteiger partial charge in [0.1, 0.15) is 11.4 Å². The smallest absolute Gasteiger partial charge is 0.240 e. The number of hydrogen-bond donors (Lipinski definition) is 1. The predicted molar refractivity (Wildman–Crippen MR) is 74.9 cm³/mol. The van der Waals surface area contributed by atoms with Crippen LogP contribution in [0.25, 0.3) is 0 Å². The maximum atomic E-state index is 13.4. The van der Waals surface area contributed by atoms with E-state index in [1.165, 1.54) is 12.1 Å². The van der Waals surface area contributed by atoms with Crippen LogP contribution in [-0.4, -0.2) is 36.6 Å². The number of ether oxygens (including phenoxy) is 1. The number of rotatable bonds is 5. The van der Waals surface area contributed by atoms with Gasteiger partial charge in [-0.1, -0.05) is 11.6 Å². The molecule has 1 aromatic carbocycles. The Labute approximate surface area is 122 Å². The third-order valence-electron chi connectivity index (χ3n) is 3.76. The van der Waals surface area contributed by atoms with Gasteiger partial charge >= 0.3 is 0 Å². The highest BCUT2D eigenvalue weighted by molar-refractivity contribution is 6.30. The van der Waals surface area contributed by atoms with Crippen molar-refractivity contribution >= 4 is 17.5 Å². The minimum Gasteiger partial charge on any atom is -0.382 e. The van der Waals surface area contributed by atoms with Crippen molar-refractivity contribution in [2.45, 2.75) is 24.9 Å². The van der Waals surface area contributed by atoms with E-state index in [9.17, 15) is 9.18 Å². The average Bonchev–Trinajstić information content (AvgIpc) is 2.72. The zero-order valence-electron chi connectivity index (χ0n) is 11.4. The molecule has 2 N–H and O–H groups in total. The normalized spacial score (nSPS) is 23.1. The molecule has 0 aromatic heterocycles. The second-order valence-corrected chi connectivity index (χ2v) is 5.57. The number of benzene rings is 1. The van der Waals surface area contributed by atoms with Crippen molar-refractivity contribution in [3.63, 3.8) is 0 Å². The van der Waals surface area contributed by atoms with Crippen molar-refractivity contribution in [2.24, 2.45) is 5.73 Å². The molecule has 1 saturated heterocycles. The van der Waals surface area contributed by atoms with Gasteiger partial charge in [-0.3, -0.25) is 9.69 Å². The number of primary amides is 1. The predicted octanol–water partition coefficient (Wildman–Crippen LogP) is 1.95. The quantitative estimate of drug-likeness (QED) is 0.904. The summed E-state index contributed by atoms with van der Waals surface area (Å²) in [5, 5.41) is 0.343. The Bertz CT molecular complexity index is 492. The molecule has 0 radical (unpaired) electrons. The molecule has 20 heavy (non-hydrogen) atoms. The minimum absolute atomic E-state index is 0.241. The van der Waals surface area contributed by atoms with Crippen LogP contribution in [0.1, 0.15) is 18.4 Å². The number of amides is 1. The van der Waals surface area contributed by atoms with E-state index in [1.807, 2.05) is 4.90 Å². The summed E-state index contributed by atoms with van der Waals surface area (Å²) >= 11 is 5.86. The van der Waals surface area contributed by atoms with E-state index >= 15 is 0 Å². The third-order valence-corrected chi connectivity index (χ3v) is 3.98. The number of nitrogens with zero attached hydrogens (tertiary/aromatic N) is 1. The highest BCUT2D eigenvalue weighted by Gasteiger charge is 2.46.